The number of nitrogens with one attached hydrogen (secondary N) is 1. The third kappa shape index (κ3) is 2.42. The minimum Gasteiger partial charge on any atom is -0.297 e. The summed E-state index contributed by atoms with van der Waals surface area (Å²) in [5.41, 5.74) is -0.678. The highest BCUT2D eigenvalue weighted by atomic mass is 79.9. The van der Waals surface area contributed by atoms with Gasteiger partial charge in [0.2, 0.25) is 0 Å². The third-order valence-corrected chi connectivity index (χ3v) is 3.93. The molecule has 8 heteroatoms. The van der Waals surface area contributed by atoms with Gasteiger partial charge < -0.3 is 0 Å². The Labute approximate surface area is 125 Å². The number of aromatic amines is 1. The van der Waals surface area contributed by atoms with E-state index in [1.54, 1.807) is 10.6 Å². The zero-order valence-electron chi connectivity index (χ0n) is 10.0. The molecule has 0 aliphatic heterocycles. The van der Waals surface area contributed by atoms with E-state index < -0.39 is 11.7 Å². The highest BCUT2D eigenvalue weighted by molar-refractivity contribution is 9.10. The van der Waals surface area contributed by atoms with E-state index in [-0.39, 0.29) is 17.4 Å². The van der Waals surface area contributed by atoms with Crippen molar-refractivity contribution in [3.8, 4) is 11.4 Å². The number of rotatable bonds is 2. The second kappa shape index (κ2) is 4.70. The number of aromatic nitrogens is 3. The maximum Gasteiger partial charge on any atom is 0.417 e. The monoisotopic (exact) mass is 363 g/mol. The molecule has 1 aromatic heterocycles. The third-order valence-electron chi connectivity index (χ3n) is 3.14. The van der Waals surface area contributed by atoms with Gasteiger partial charge in [0.1, 0.15) is 0 Å². The molecule has 0 saturated heterocycles. The van der Waals surface area contributed by atoms with Crippen LogP contribution in [0.3, 0.4) is 0 Å². The van der Waals surface area contributed by atoms with Crippen molar-refractivity contribution in [1.29, 1.82) is 0 Å². The molecule has 1 saturated carbocycles. The van der Waals surface area contributed by atoms with E-state index in [2.05, 4.69) is 26.1 Å². The second-order valence-corrected chi connectivity index (χ2v) is 5.94. The Morgan fingerprint density at radius 2 is 2.05 bits per heavy atom. The Morgan fingerprint density at radius 1 is 1.35 bits per heavy atom. The van der Waals surface area contributed by atoms with Gasteiger partial charge in [0.25, 0.3) is 0 Å². The number of nitrogens with zero attached hydrogens (tertiary/aromatic N) is 2. The molecule has 3 nitrogen and oxygen atoms in total. The van der Waals surface area contributed by atoms with Crippen molar-refractivity contribution in [1.82, 2.24) is 14.8 Å². The number of hydrogen-bond donors (Lipinski definition) is 1. The molecular weight excluding hydrogens is 355 g/mol. The Bertz CT molecular complexity index is 715. The molecule has 1 fully saturated rings. The van der Waals surface area contributed by atoms with E-state index >= 15 is 0 Å². The number of hydrogen-bond acceptors (Lipinski definition) is 2. The molecule has 0 atom stereocenters. The molecule has 0 unspecified atom stereocenters. The Balaban J connectivity index is 2.23. The van der Waals surface area contributed by atoms with Crippen LogP contribution in [-0.2, 0) is 6.18 Å². The first-order valence-corrected chi connectivity index (χ1v) is 7.12. The highest BCUT2D eigenvalue weighted by Crippen LogP contribution is 2.42. The summed E-state index contributed by atoms with van der Waals surface area (Å²) < 4.78 is 41.9. The van der Waals surface area contributed by atoms with Crippen LogP contribution in [0.4, 0.5) is 13.2 Å². The zero-order chi connectivity index (χ0) is 14.5. The van der Waals surface area contributed by atoms with Crippen LogP contribution < -0.4 is 0 Å². The van der Waals surface area contributed by atoms with E-state index in [0.29, 0.717) is 9.24 Å². The predicted octanol–water partition coefficient (Wildman–Crippen LogP) is 4.72. The number of benzene rings is 1. The molecule has 0 radical (unpaired) electrons. The van der Waals surface area contributed by atoms with Gasteiger partial charge in [0.15, 0.2) is 10.6 Å². The first-order valence-electron chi connectivity index (χ1n) is 5.92. The number of alkyl halides is 3. The molecule has 1 aliphatic carbocycles. The van der Waals surface area contributed by atoms with Gasteiger partial charge in [-0.2, -0.15) is 18.3 Å². The van der Waals surface area contributed by atoms with Gasteiger partial charge in [-0.05, 0) is 43.3 Å². The van der Waals surface area contributed by atoms with Crippen molar-refractivity contribution in [3.63, 3.8) is 0 Å². The molecule has 1 N–H and O–H groups in total. The number of halogens is 4. The first-order chi connectivity index (χ1) is 9.38. The molecule has 0 bridgehead atoms. The van der Waals surface area contributed by atoms with Gasteiger partial charge in [-0.3, -0.25) is 9.67 Å². The molecule has 0 spiro atoms. The Kier molecular flexibility index (Phi) is 3.24. The van der Waals surface area contributed by atoms with Crippen LogP contribution in [0.25, 0.3) is 11.4 Å². The van der Waals surface area contributed by atoms with Crippen molar-refractivity contribution >= 4 is 28.1 Å². The molecule has 20 heavy (non-hydrogen) atoms. The average molecular weight is 364 g/mol. The van der Waals surface area contributed by atoms with Crippen molar-refractivity contribution < 1.29 is 13.2 Å². The van der Waals surface area contributed by atoms with Crippen LogP contribution >= 0.6 is 28.1 Å². The fraction of sp³-hybridized carbons (Fsp3) is 0.333. The highest BCUT2D eigenvalue weighted by Gasteiger charge is 2.36. The molecule has 106 valence electrons. The molecule has 2 aromatic rings. The van der Waals surface area contributed by atoms with Gasteiger partial charge in [-0.15, -0.1) is 0 Å². The minimum absolute atomic E-state index is 0.0416. The van der Waals surface area contributed by atoms with Crippen molar-refractivity contribution in [2.24, 2.45) is 0 Å². The number of H-pyrrole nitrogens is 1. The molecular formula is C12H9BrF3N3S. The van der Waals surface area contributed by atoms with Crippen LogP contribution in [0.5, 0.6) is 0 Å². The summed E-state index contributed by atoms with van der Waals surface area (Å²) in [7, 11) is 0. The minimum atomic E-state index is -4.44. The first kappa shape index (κ1) is 13.8. The van der Waals surface area contributed by atoms with Crippen LogP contribution in [0.1, 0.15) is 24.4 Å². The summed E-state index contributed by atoms with van der Waals surface area (Å²) in [6, 6.07) is 4.20. The lowest BCUT2D eigenvalue weighted by Crippen LogP contribution is -2.09. The van der Waals surface area contributed by atoms with Crippen LogP contribution in [0, 0.1) is 4.77 Å². The maximum atomic E-state index is 13.2. The standard InChI is InChI=1S/C12H9BrF3N3S/c13-6-1-4-8(9(5-6)12(14,15)16)10-17-18-11(20)19(10)7-2-3-7/h1,4-5,7H,2-3H2,(H,18,20). The largest absolute Gasteiger partial charge is 0.417 e. The molecule has 1 heterocycles. The van der Waals surface area contributed by atoms with Gasteiger partial charge in [-0.25, -0.2) is 0 Å². The Hall–Kier alpha value is -1.15. The molecule has 1 aliphatic rings. The normalized spacial score (nSPS) is 15.6. The van der Waals surface area contributed by atoms with E-state index in [0.717, 1.165) is 18.9 Å². The van der Waals surface area contributed by atoms with E-state index in [9.17, 15) is 13.2 Å². The van der Waals surface area contributed by atoms with Gasteiger partial charge >= 0.3 is 6.18 Å². The van der Waals surface area contributed by atoms with Crippen molar-refractivity contribution in [2.45, 2.75) is 25.1 Å². The van der Waals surface area contributed by atoms with E-state index in [1.807, 2.05) is 0 Å². The van der Waals surface area contributed by atoms with E-state index in [1.165, 1.54) is 6.07 Å². The summed E-state index contributed by atoms with van der Waals surface area (Å²) in [4.78, 5) is 0. The average Bonchev–Trinajstić information content (AvgIpc) is 3.12. The quantitative estimate of drug-likeness (QED) is 0.782. The zero-order valence-corrected chi connectivity index (χ0v) is 12.4. The lowest BCUT2D eigenvalue weighted by atomic mass is 10.1. The van der Waals surface area contributed by atoms with Crippen LogP contribution in [0.15, 0.2) is 22.7 Å². The molecule has 1 aromatic carbocycles. The lowest BCUT2D eigenvalue weighted by Gasteiger charge is -2.13. The summed E-state index contributed by atoms with van der Waals surface area (Å²) in [6.45, 7) is 0. The fourth-order valence-electron chi connectivity index (χ4n) is 2.11. The Morgan fingerprint density at radius 3 is 2.65 bits per heavy atom. The summed E-state index contributed by atoms with van der Waals surface area (Å²) in [6.07, 6.45) is -2.61. The van der Waals surface area contributed by atoms with Crippen LogP contribution in [-0.4, -0.2) is 14.8 Å². The van der Waals surface area contributed by atoms with Gasteiger partial charge in [-0.1, -0.05) is 15.9 Å². The van der Waals surface area contributed by atoms with Crippen LogP contribution in [0.2, 0.25) is 0 Å². The predicted molar refractivity (Wildman–Crippen MR) is 73.8 cm³/mol. The molecule has 3 rings (SSSR count). The fourth-order valence-corrected chi connectivity index (χ4v) is 2.75. The second-order valence-electron chi connectivity index (χ2n) is 4.64. The SMILES string of the molecule is FC(F)(F)c1cc(Br)ccc1-c1n[nH]c(=S)n1C1CC1. The topological polar surface area (TPSA) is 33.6 Å². The summed E-state index contributed by atoms with van der Waals surface area (Å²) >= 11 is 8.18. The van der Waals surface area contributed by atoms with Crippen molar-refractivity contribution in [3.05, 3.63) is 33.0 Å². The van der Waals surface area contributed by atoms with Gasteiger partial charge in [0, 0.05) is 16.1 Å². The molecule has 0 amide bonds. The van der Waals surface area contributed by atoms with Crippen molar-refractivity contribution in [2.75, 3.05) is 0 Å². The van der Waals surface area contributed by atoms with E-state index in [4.69, 9.17) is 12.2 Å². The summed E-state index contributed by atoms with van der Waals surface area (Å²) in [5, 5.41) is 6.57. The van der Waals surface area contributed by atoms with Gasteiger partial charge in [0.05, 0.1) is 5.56 Å². The smallest absolute Gasteiger partial charge is 0.297 e. The summed E-state index contributed by atoms with van der Waals surface area (Å²) in [5.74, 6) is 0.248. The maximum absolute atomic E-state index is 13.2. The lowest BCUT2D eigenvalue weighted by molar-refractivity contribution is -0.137.